The van der Waals surface area contributed by atoms with Gasteiger partial charge in [-0.1, -0.05) is 85.8 Å². The molecule has 1 spiro atoms. The predicted octanol–water partition coefficient (Wildman–Crippen LogP) is 6.94. The van der Waals surface area contributed by atoms with Gasteiger partial charge in [0.15, 0.2) is 0 Å². The first-order valence-corrected chi connectivity index (χ1v) is 40.0. The van der Waals surface area contributed by atoms with Gasteiger partial charge in [-0.15, -0.1) is 0 Å². The summed E-state index contributed by atoms with van der Waals surface area (Å²) >= 11 is 0. The maximum absolute atomic E-state index is 15.8. The summed E-state index contributed by atoms with van der Waals surface area (Å²) in [4.78, 5) is 194. The molecule has 28 heteroatoms. The van der Waals surface area contributed by atoms with Crippen molar-refractivity contribution in [3.8, 4) is 0 Å². The van der Waals surface area contributed by atoms with Crippen molar-refractivity contribution in [3.63, 3.8) is 0 Å². The maximum atomic E-state index is 15.8. The Balaban J connectivity index is 1.20. The Morgan fingerprint density at radius 1 is 0.654 bits per heavy atom. The lowest BCUT2D eigenvalue weighted by atomic mass is 9.58. The lowest BCUT2D eigenvalue weighted by molar-refractivity contribution is -0.184. The maximum Gasteiger partial charge on any atom is 0.391 e. The standard InChI is InChI=1S/C79H127F3N12O13/c1-16-24-58-68(98)84-66(48(4)17-2)74(104)88(11)45-65(97)90(13)59-27-20-19-23-38-93(73(59)103)62(40-51-28-34-54(35-29-51)79(80,81)82)72(102)87(10)44-63(95)83-57(37-31-50-30-36-56(49(5)39-50)52-32-33-52)70(100)94-43-55(107-18-3)41-60(94)69(99)85-78(46-77(6,7)47-78)76(106)92(15)67(53-25-21-22-26-53)75(105)91(14)61(71(101)86(8)9)42-64(96)89(58)12/h19-20,48-62,66-67H,16-18,21-47H2,1-15H3,(H,83,95)(H,84,98)(H,85,99)/b20-19-/t48-,49?,50?,51?,54?,55+,56?,57-,58-,59-,60-,61-,62-,66-,67-/m0/s1. The molecule has 0 radical (unpaired) electrons. The number of nitrogens with one attached hydrogen (secondary N) is 3. The molecule has 25 nitrogen and oxygen atoms in total. The minimum atomic E-state index is -4.43. The van der Waals surface area contributed by atoms with Crippen LogP contribution in [0.15, 0.2) is 12.2 Å². The summed E-state index contributed by atoms with van der Waals surface area (Å²) in [5.74, 6) is -8.72. The molecule has 12 amide bonds. The molecule has 602 valence electrons. The quantitative estimate of drug-likeness (QED) is 0.149. The van der Waals surface area contributed by atoms with Crippen LogP contribution in [-0.2, 0) is 62.3 Å². The summed E-state index contributed by atoms with van der Waals surface area (Å²) < 4.78 is 48.7. The number of hydrogen-bond acceptors (Lipinski definition) is 13. The molecule has 0 aromatic carbocycles. The van der Waals surface area contributed by atoms with Gasteiger partial charge in [-0.2, -0.15) is 13.2 Å². The van der Waals surface area contributed by atoms with Crippen LogP contribution in [-0.4, -0.2) is 270 Å². The number of carbonyl (C=O) groups is 12. The van der Waals surface area contributed by atoms with E-state index in [-0.39, 0.29) is 103 Å². The fourth-order valence-electron chi connectivity index (χ4n) is 19.0. The number of ether oxygens (including phenoxy) is 1. The van der Waals surface area contributed by atoms with Gasteiger partial charge in [0.2, 0.25) is 70.9 Å². The highest BCUT2D eigenvalue weighted by molar-refractivity contribution is 6.01. The Morgan fingerprint density at radius 3 is 1.89 bits per heavy atom. The molecule has 3 N–H and O–H groups in total. The van der Waals surface area contributed by atoms with E-state index in [1.165, 1.54) is 104 Å². The topological polar surface area (TPSA) is 279 Å². The minimum Gasteiger partial charge on any atom is -0.377 e. The summed E-state index contributed by atoms with van der Waals surface area (Å²) in [5, 5.41) is 9.03. The van der Waals surface area contributed by atoms with E-state index in [0.717, 1.165) is 41.9 Å². The number of likely N-dealkylation sites (N-methyl/N-ethyl adjacent to an activating group) is 7. The highest BCUT2D eigenvalue weighted by Gasteiger charge is 2.59. The molecule has 3 aliphatic heterocycles. The second-order valence-electron chi connectivity index (χ2n) is 34.2. The Kier molecular flexibility index (Phi) is 29.5. The van der Waals surface area contributed by atoms with Gasteiger partial charge in [0.25, 0.3) is 0 Å². The van der Waals surface area contributed by atoms with Gasteiger partial charge in [-0.3, -0.25) is 57.5 Å². The lowest BCUT2D eigenvalue weighted by Gasteiger charge is -2.54. The second kappa shape index (κ2) is 36.8. The largest absolute Gasteiger partial charge is 0.391 e. The van der Waals surface area contributed by atoms with Crippen LogP contribution in [0.3, 0.4) is 0 Å². The zero-order valence-corrected chi connectivity index (χ0v) is 66.6. The van der Waals surface area contributed by atoms with Crippen LogP contribution < -0.4 is 16.0 Å². The van der Waals surface area contributed by atoms with E-state index in [4.69, 9.17) is 4.74 Å². The van der Waals surface area contributed by atoms with E-state index in [9.17, 15) is 41.9 Å². The van der Waals surface area contributed by atoms with E-state index in [2.05, 4.69) is 22.9 Å². The normalized spacial score (nSPS) is 32.4. The van der Waals surface area contributed by atoms with E-state index in [1.54, 1.807) is 26.0 Å². The number of carbonyl (C=O) groups excluding carboxylic acids is 12. The van der Waals surface area contributed by atoms with Gasteiger partial charge in [0.1, 0.15) is 53.9 Å². The Morgan fingerprint density at radius 2 is 1.30 bits per heavy atom. The molecule has 8 rings (SSSR count). The van der Waals surface area contributed by atoms with Crippen LogP contribution in [0.5, 0.6) is 0 Å². The van der Waals surface area contributed by atoms with Crippen molar-refractivity contribution in [1.82, 2.24) is 60.0 Å². The number of alkyl halides is 3. The van der Waals surface area contributed by atoms with E-state index in [1.807, 2.05) is 27.7 Å². The van der Waals surface area contributed by atoms with Crippen molar-refractivity contribution < 1.29 is 75.4 Å². The van der Waals surface area contributed by atoms with Crippen molar-refractivity contribution in [2.24, 2.45) is 52.8 Å². The Bertz CT molecular complexity index is 3220. The van der Waals surface area contributed by atoms with Gasteiger partial charge in [-0.05, 0) is 169 Å². The van der Waals surface area contributed by atoms with Gasteiger partial charge in [0.05, 0.1) is 31.5 Å². The minimum absolute atomic E-state index is 0.0189. The lowest BCUT2D eigenvalue weighted by Crippen LogP contribution is -2.71. The average Bonchev–Trinajstić information content (AvgIpc) is 1.04. The van der Waals surface area contributed by atoms with Crippen LogP contribution in [0.1, 0.15) is 209 Å². The molecule has 13 atom stereocenters. The monoisotopic (exact) mass is 1510 g/mol. The van der Waals surface area contributed by atoms with Crippen LogP contribution >= 0.6 is 0 Å². The van der Waals surface area contributed by atoms with E-state index in [0.29, 0.717) is 49.9 Å². The SMILES string of the molecule is CCC[C@H]1C(=O)N[C@@H]([C@@H](C)CC)C(=O)N(C)CC(=O)N(C)[C@H]2C/C=C\CCN(C2=O)[C@@H](CC2CCC(C(F)(F)F)CC2)C(=O)N(C)CC(=O)N[C@@H](CCC2CCC(C3CC3)C(C)C2)C(=O)N2C[C@H](OCC)C[C@H]2C(=O)NC2(CC(C)(C)C2)C(=O)N(C)[C@@H](C2CCCC2)C(=O)N(C)[C@H](C(=O)N(C)C)CC(=O)N1C. The molecule has 7 fully saturated rings. The first kappa shape index (κ1) is 85.7. The zero-order chi connectivity index (χ0) is 78.9. The fourth-order valence-corrected chi connectivity index (χ4v) is 19.0. The number of hydrogen-bond donors (Lipinski definition) is 3. The zero-order valence-electron chi connectivity index (χ0n) is 66.6. The molecular weight excluding hydrogens is 1380 g/mol. The smallest absolute Gasteiger partial charge is 0.377 e. The summed E-state index contributed by atoms with van der Waals surface area (Å²) in [6.07, 6.45) is 7.78. The van der Waals surface area contributed by atoms with Crippen molar-refractivity contribution in [2.75, 3.05) is 89.2 Å². The number of amides is 12. The first-order chi connectivity index (χ1) is 50.4. The molecule has 0 aromatic heterocycles. The molecule has 3 heterocycles. The predicted molar refractivity (Wildman–Crippen MR) is 396 cm³/mol. The van der Waals surface area contributed by atoms with Crippen LogP contribution in [0.4, 0.5) is 13.2 Å². The molecule has 8 aliphatic rings. The van der Waals surface area contributed by atoms with Crippen LogP contribution in [0, 0.1) is 52.8 Å². The third-order valence-electron chi connectivity index (χ3n) is 25.4. The molecule has 5 saturated carbocycles. The first-order valence-electron chi connectivity index (χ1n) is 40.0. The highest BCUT2D eigenvalue weighted by atomic mass is 19.4. The number of nitrogens with zero attached hydrogens (tertiary/aromatic N) is 9. The fraction of sp³-hybridized carbons (Fsp3) is 0.823. The Labute approximate surface area is 633 Å². The molecule has 0 aromatic rings. The van der Waals surface area contributed by atoms with Crippen molar-refractivity contribution in [1.29, 1.82) is 0 Å². The van der Waals surface area contributed by atoms with Gasteiger partial charge < -0.3 is 64.8 Å². The number of halogens is 3. The summed E-state index contributed by atoms with van der Waals surface area (Å²) in [6.45, 7) is 12.3. The van der Waals surface area contributed by atoms with Crippen molar-refractivity contribution in [2.45, 2.75) is 275 Å². The highest BCUT2D eigenvalue weighted by Crippen LogP contribution is 2.51. The van der Waals surface area contributed by atoms with Crippen molar-refractivity contribution in [3.05, 3.63) is 12.2 Å². The molecular formula is C79H127F3N12O13. The van der Waals surface area contributed by atoms with Crippen LogP contribution in [0.25, 0.3) is 0 Å². The second-order valence-corrected chi connectivity index (χ2v) is 34.2. The molecule has 5 aliphatic carbocycles. The van der Waals surface area contributed by atoms with E-state index >= 15 is 28.8 Å². The number of fused-ring (bicyclic) bond motifs is 3. The third kappa shape index (κ3) is 20.8. The third-order valence-corrected chi connectivity index (χ3v) is 25.4. The van der Waals surface area contributed by atoms with Gasteiger partial charge in [-0.25, -0.2) is 0 Å². The molecule has 2 saturated heterocycles. The average molecular weight is 1510 g/mol. The number of rotatable bonds is 14. The van der Waals surface area contributed by atoms with Gasteiger partial charge >= 0.3 is 6.18 Å². The van der Waals surface area contributed by atoms with Gasteiger partial charge in [0, 0.05) is 82.5 Å². The summed E-state index contributed by atoms with van der Waals surface area (Å²) in [7, 11) is 11.5. The van der Waals surface area contributed by atoms with Crippen LogP contribution in [0.2, 0.25) is 0 Å². The molecule has 2 bridgehead atoms. The molecule has 107 heavy (non-hydrogen) atoms. The van der Waals surface area contributed by atoms with Crippen molar-refractivity contribution >= 4 is 70.9 Å². The van der Waals surface area contributed by atoms with E-state index < -0.39 is 186 Å². The summed E-state index contributed by atoms with van der Waals surface area (Å²) in [6, 6.07) is -10.1. The Hall–Kier alpha value is -6.87. The summed E-state index contributed by atoms with van der Waals surface area (Å²) in [5.41, 5.74) is -2.08. The molecule has 3 unspecified atom stereocenters.